The standard InChI is InChI=1S/C21H25NO5/c1-25-16-6-4-5-14(9-16)19-7-8-22(13-20(19)23)21(24)15-10-17(26-2)12-18(11-15)27-3/h4-6,9-12,19-20,23H,7-8,13H2,1-3H3/t19-,20+/m0/s1. The summed E-state index contributed by atoms with van der Waals surface area (Å²) in [5.41, 5.74) is 1.51. The number of benzene rings is 2. The number of carbonyl (C=O) groups is 1. The Kier molecular flexibility index (Phi) is 5.86. The van der Waals surface area contributed by atoms with Crippen LogP contribution in [0.15, 0.2) is 42.5 Å². The fourth-order valence-corrected chi connectivity index (χ4v) is 3.49. The molecule has 0 bridgehead atoms. The summed E-state index contributed by atoms with van der Waals surface area (Å²) >= 11 is 0. The largest absolute Gasteiger partial charge is 0.497 e. The summed E-state index contributed by atoms with van der Waals surface area (Å²) < 4.78 is 15.8. The minimum atomic E-state index is -0.637. The molecule has 1 saturated heterocycles. The van der Waals surface area contributed by atoms with Gasteiger partial charge in [0.25, 0.3) is 5.91 Å². The zero-order valence-electron chi connectivity index (χ0n) is 15.8. The molecule has 2 aromatic rings. The van der Waals surface area contributed by atoms with Crippen LogP contribution in [0.25, 0.3) is 0 Å². The molecule has 2 atom stereocenters. The Morgan fingerprint density at radius 3 is 2.26 bits per heavy atom. The number of likely N-dealkylation sites (tertiary alicyclic amines) is 1. The van der Waals surface area contributed by atoms with Crippen LogP contribution in [0.3, 0.4) is 0 Å². The van der Waals surface area contributed by atoms with Gasteiger partial charge in [0.15, 0.2) is 0 Å². The molecular formula is C21H25NO5. The van der Waals surface area contributed by atoms with E-state index in [-0.39, 0.29) is 18.4 Å². The lowest BCUT2D eigenvalue weighted by molar-refractivity contribution is 0.0381. The van der Waals surface area contributed by atoms with Gasteiger partial charge in [-0.25, -0.2) is 0 Å². The zero-order chi connectivity index (χ0) is 19.4. The normalized spacial score (nSPS) is 19.5. The Morgan fingerprint density at radius 2 is 1.67 bits per heavy atom. The third-order valence-corrected chi connectivity index (χ3v) is 4.99. The van der Waals surface area contributed by atoms with Gasteiger partial charge in [0.2, 0.25) is 0 Å². The summed E-state index contributed by atoms with van der Waals surface area (Å²) in [4.78, 5) is 14.6. The quantitative estimate of drug-likeness (QED) is 0.875. The molecule has 1 amide bonds. The number of carbonyl (C=O) groups excluding carboxylic acids is 1. The Balaban J connectivity index is 1.74. The number of methoxy groups -OCH3 is 3. The Hall–Kier alpha value is -2.73. The number of piperidine rings is 1. The molecule has 0 saturated carbocycles. The maximum Gasteiger partial charge on any atom is 0.254 e. The summed E-state index contributed by atoms with van der Waals surface area (Å²) in [7, 11) is 4.72. The van der Waals surface area contributed by atoms with Crippen LogP contribution < -0.4 is 14.2 Å². The Bertz CT molecular complexity index is 785. The lowest BCUT2D eigenvalue weighted by Crippen LogP contribution is -2.45. The van der Waals surface area contributed by atoms with Crippen LogP contribution in [-0.4, -0.2) is 56.4 Å². The number of rotatable bonds is 5. The molecule has 3 rings (SSSR count). The molecule has 1 fully saturated rings. The average molecular weight is 371 g/mol. The van der Waals surface area contributed by atoms with Gasteiger partial charge in [-0.15, -0.1) is 0 Å². The van der Waals surface area contributed by atoms with Crippen LogP contribution in [0.1, 0.15) is 28.3 Å². The molecule has 0 aliphatic carbocycles. The van der Waals surface area contributed by atoms with Gasteiger partial charge >= 0.3 is 0 Å². The molecule has 6 heteroatoms. The highest BCUT2D eigenvalue weighted by molar-refractivity contribution is 5.95. The average Bonchev–Trinajstić information content (AvgIpc) is 2.72. The Labute approximate surface area is 159 Å². The van der Waals surface area contributed by atoms with Gasteiger partial charge in [-0.2, -0.15) is 0 Å². The van der Waals surface area contributed by atoms with Crippen LogP contribution >= 0.6 is 0 Å². The van der Waals surface area contributed by atoms with Crippen molar-refractivity contribution in [1.82, 2.24) is 4.90 Å². The van der Waals surface area contributed by atoms with Crippen molar-refractivity contribution in [2.75, 3.05) is 34.4 Å². The van der Waals surface area contributed by atoms with Gasteiger partial charge in [0.05, 0.1) is 27.4 Å². The van der Waals surface area contributed by atoms with Crippen LogP contribution in [-0.2, 0) is 0 Å². The molecule has 1 heterocycles. The van der Waals surface area contributed by atoms with Crippen LogP contribution in [0.5, 0.6) is 17.2 Å². The first-order valence-electron chi connectivity index (χ1n) is 8.90. The maximum atomic E-state index is 12.9. The number of aliphatic hydroxyl groups excluding tert-OH is 1. The first-order chi connectivity index (χ1) is 13.0. The van der Waals surface area contributed by atoms with Crippen molar-refractivity contribution in [2.24, 2.45) is 0 Å². The molecule has 1 N–H and O–H groups in total. The first kappa shape index (κ1) is 19.0. The fourth-order valence-electron chi connectivity index (χ4n) is 3.49. The van der Waals surface area contributed by atoms with Crippen LogP contribution in [0.4, 0.5) is 0 Å². The number of aliphatic hydroxyl groups is 1. The number of hydrogen-bond donors (Lipinski definition) is 1. The molecule has 0 aromatic heterocycles. The highest BCUT2D eigenvalue weighted by Gasteiger charge is 2.32. The topological polar surface area (TPSA) is 68.2 Å². The molecule has 2 aromatic carbocycles. The van der Waals surface area contributed by atoms with Gasteiger partial charge in [0.1, 0.15) is 17.2 Å². The zero-order valence-corrected chi connectivity index (χ0v) is 15.8. The lowest BCUT2D eigenvalue weighted by atomic mass is 9.86. The number of amides is 1. The second kappa shape index (κ2) is 8.31. The predicted molar refractivity (Wildman–Crippen MR) is 102 cm³/mol. The lowest BCUT2D eigenvalue weighted by Gasteiger charge is -2.36. The van der Waals surface area contributed by atoms with E-state index >= 15 is 0 Å². The van der Waals surface area contributed by atoms with E-state index in [0.717, 1.165) is 11.3 Å². The van der Waals surface area contributed by atoms with Crippen molar-refractivity contribution in [1.29, 1.82) is 0 Å². The van der Waals surface area contributed by atoms with Crippen molar-refractivity contribution in [3.8, 4) is 17.2 Å². The molecule has 0 unspecified atom stereocenters. The van der Waals surface area contributed by atoms with Crippen molar-refractivity contribution in [3.05, 3.63) is 53.6 Å². The van der Waals surface area contributed by atoms with Crippen LogP contribution in [0.2, 0.25) is 0 Å². The van der Waals surface area contributed by atoms with E-state index in [0.29, 0.717) is 30.0 Å². The van der Waals surface area contributed by atoms with Crippen molar-refractivity contribution < 1.29 is 24.1 Å². The van der Waals surface area contributed by atoms with Gasteiger partial charge < -0.3 is 24.2 Å². The van der Waals surface area contributed by atoms with Crippen molar-refractivity contribution in [2.45, 2.75) is 18.4 Å². The molecule has 1 aliphatic heterocycles. The summed E-state index contributed by atoms with van der Waals surface area (Å²) in [5.74, 6) is 1.72. The molecule has 6 nitrogen and oxygen atoms in total. The Morgan fingerprint density at radius 1 is 1.00 bits per heavy atom. The minimum Gasteiger partial charge on any atom is -0.497 e. The van der Waals surface area contributed by atoms with Crippen LogP contribution in [0, 0.1) is 0 Å². The second-order valence-corrected chi connectivity index (χ2v) is 6.59. The number of ether oxygens (including phenoxy) is 3. The predicted octanol–water partition coefficient (Wildman–Crippen LogP) is 2.70. The summed E-state index contributed by atoms with van der Waals surface area (Å²) in [5, 5.41) is 10.7. The van der Waals surface area contributed by atoms with Crippen molar-refractivity contribution in [3.63, 3.8) is 0 Å². The van der Waals surface area contributed by atoms with E-state index in [9.17, 15) is 9.90 Å². The van der Waals surface area contributed by atoms with E-state index in [1.165, 1.54) is 0 Å². The number of nitrogens with zero attached hydrogens (tertiary/aromatic N) is 1. The van der Waals surface area contributed by atoms with E-state index in [4.69, 9.17) is 14.2 Å². The highest BCUT2D eigenvalue weighted by atomic mass is 16.5. The molecule has 144 valence electrons. The van der Waals surface area contributed by atoms with E-state index in [2.05, 4.69) is 0 Å². The summed E-state index contributed by atoms with van der Waals surface area (Å²) in [6, 6.07) is 12.8. The molecule has 0 spiro atoms. The minimum absolute atomic E-state index is 0.0241. The maximum absolute atomic E-state index is 12.9. The van der Waals surface area contributed by atoms with E-state index in [1.54, 1.807) is 44.4 Å². The highest BCUT2D eigenvalue weighted by Crippen LogP contribution is 2.32. The summed E-state index contributed by atoms with van der Waals surface area (Å²) in [6.07, 6.45) is 0.0450. The third kappa shape index (κ3) is 4.17. The van der Waals surface area contributed by atoms with Crippen molar-refractivity contribution >= 4 is 5.91 Å². The smallest absolute Gasteiger partial charge is 0.254 e. The van der Waals surface area contributed by atoms with Gasteiger partial charge in [-0.1, -0.05) is 12.1 Å². The SMILES string of the molecule is COc1cc(OC)cc(C(=O)N2CC[C@@H](c3cccc(OC)c3)[C@H](O)C2)c1. The monoisotopic (exact) mass is 371 g/mol. The molecule has 27 heavy (non-hydrogen) atoms. The van der Waals surface area contributed by atoms with E-state index in [1.807, 2.05) is 24.3 Å². The third-order valence-electron chi connectivity index (χ3n) is 4.99. The van der Waals surface area contributed by atoms with Gasteiger partial charge in [-0.05, 0) is 36.2 Å². The molecule has 1 aliphatic rings. The first-order valence-corrected chi connectivity index (χ1v) is 8.90. The number of hydrogen-bond acceptors (Lipinski definition) is 5. The van der Waals surface area contributed by atoms with Gasteiger partial charge in [0, 0.05) is 30.6 Å². The van der Waals surface area contributed by atoms with Gasteiger partial charge in [-0.3, -0.25) is 4.79 Å². The van der Waals surface area contributed by atoms with E-state index < -0.39 is 6.10 Å². The number of β-amino-alcohol motifs (C(OH)–C–C–N with tert-alkyl or cyclic N) is 1. The molecular weight excluding hydrogens is 346 g/mol. The summed E-state index contributed by atoms with van der Waals surface area (Å²) in [6.45, 7) is 0.845. The molecule has 0 radical (unpaired) electrons. The fraction of sp³-hybridized carbons (Fsp3) is 0.381. The second-order valence-electron chi connectivity index (χ2n) is 6.59.